The van der Waals surface area contributed by atoms with Crippen molar-refractivity contribution in [1.29, 1.82) is 0 Å². The second-order valence-corrected chi connectivity index (χ2v) is 5.64. The van der Waals surface area contributed by atoms with Crippen molar-refractivity contribution in [3.05, 3.63) is 59.7 Å². The summed E-state index contributed by atoms with van der Waals surface area (Å²) in [6.07, 6.45) is 2.01. The van der Waals surface area contributed by atoms with Crippen LogP contribution in [-0.4, -0.2) is 22.9 Å². The maximum Gasteiger partial charge on any atom is 0.240 e. The van der Waals surface area contributed by atoms with Gasteiger partial charge in [-0.1, -0.05) is 31.2 Å². The summed E-state index contributed by atoms with van der Waals surface area (Å²) in [7, 11) is 0. The van der Waals surface area contributed by atoms with Crippen LogP contribution in [-0.2, 0) is 4.79 Å². The quantitative estimate of drug-likeness (QED) is 0.597. The van der Waals surface area contributed by atoms with Crippen LogP contribution in [0.15, 0.2) is 58.7 Å². The largest absolute Gasteiger partial charge is 0.507 e. The Hall–Kier alpha value is -3.15. The Morgan fingerprint density at radius 1 is 1.25 bits per heavy atom. The van der Waals surface area contributed by atoms with Crippen molar-refractivity contribution in [3.8, 4) is 5.75 Å². The SMILES string of the molecule is CC1CC(=O)NN=C1c1ccc(NN=Cc2ccccc2O)cc1. The van der Waals surface area contributed by atoms with Crippen LogP contribution in [0, 0.1) is 5.92 Å². The zero-order valence-electron chi connectivity index (χ0n) is 13.2. The summed E-state index contributed by atoms with van der Waals surface area (Å²) in [6, 6.07) is 14.6. The van der Waals surface area contributed by atoms with Crippen molar-refractivity contribution >= 4 is 23.5 Å². The van der Waals surface area contributed by atoms with Crippen LogP contribution in [0.25, 0.3) is 0 Å². The van der Waals surface area contributed by atoms with Gasteiger partial charge in [-0.2, -0.15) is 10.2 Å². The molecule has 2 aromatic rings. The highest BCUT2D eigenvalue weighted by Gasteiger charge is 2.21. The van der Waals surface area contributed by atoms with Crippen LogP contribution in [0.1, 0.15) is 24.5 Å². The summed E-state index contributed by atoms with van der Waals surface area (Å²) in [5, 5.41) is 17.9. The summed E-state index contributed by atoms with van der Waals surface area (Å²) < 4.78 is 0. The van der Waals surface area contributed by atoms with E-state index in [-0.39, 0.29) is 17.6 Å². The Morgan fingerprint density at radius 3 is 2.71 bits per heavy atom. The van der Waals surface area contributed by atoms with Crippen molar-refractivity contribution < 1.29 is 9.90 Å². The molecule has 1 aliphatic rings. The molecule has 0 radical (unpaired) electrons. The number of phenolic OH excluding ortho intramolecular Hbond substituents is 1. The van der Waals surface area contributed by atoms with E-state index in [1.165, 1.54) is 0 Å². The van der Waals surface area contributed by atoms with Gasteiger partial charge in [-0.3, -0.25) is 10.2 Å². The molecule has 1 aliphatic heterocycles. The second-order valence-electron chi connectivity index (χ2n) is 5.64. The van der Waals surface area contributed by atoms with Gasteiger partial charge >= 0.3 is 0 Å². The third-order valence-electron chi connectivity index (χ3n) is 3.77. The molecular weight excluding hydrogens is 304 g/mol. The van der Waals surface area contributed by atoms with Crippen molar-refractivity contribution in [2.75, 3.05) is 5.43 Å². The van der Waals surface area contributed by atoms with Crippen LogP contribution in [0.5, 0.6) is 5.75 Å². The van der Waals surface area contributed by atoms with E-state index in [2.05, 4.69) is 21.1 Å². The Kier molecular flexibility index (Phi) is 4.56. The number of benzene rings is 2. The molecule has 0 bridgehead atoms. The standard InChI is InChI=1S/C18H18N4O2/c1-12-10-17(24)21-22-18(12)13-6-8-15(9-7-13)20-19-11-14-4-2-3-5-16(14)23/h2-9,11-12,20,23H,10H2,1H3,(H,21,24). The molecule has 6 heteroatoms. The number of nitrogens with zero attached hydrogens (tertiary/aromatic N) is 2. The maximum atomic E-state index is 11.3. The lowest BCUT2D eigenvalue weighted by atomic mass is 9.94. The number of anilines is 1. The summed E-state index contributed by atoms with van der Waals surface area (Å²) in [6.45, 7) is 1.99. The van der Waals surface area contributed by atoms with Crippen LogP contribution >= 0.6 is 0 Å². The van der Waals surface area contributed by atoms with Gasteiger partial charge in [-0.15, -0.1) is 0 Å². The van der Waals surface area contributed by atoms with E-state index in [9.17, 15) is 9.90 Å². The topological polar surface area (TPSA) is 86.1 Å². The lowest BCUT2D eigenvalue weighted by Gasteiger charge is -2.19. The molecule has 1 atom stereocenters. The second kappa shape index (κ2) is 6.95. The number of aromatic hydroxyl groups is 1. The smallest absolute Gasteiger partial charge is 0.240 e. The van der Waals surface area contributed by atoms with Crippen molar-refractivity contribution in [3.63, 3.8) is 0 Å². The fourth-order valence-corrected chi connectivity index (χ4v) is 2.49. The molecule has 3 N–H and O–H groups in total. The first-order chi connectivity index (χ1) is 11.6. The number of carbonyl (C=O) groups is 1. The third-order valence-corrected chi connectivity index (χ3v) is 3.77. The van der Waals surface area contributed by atoms with E-state index in [1.54, 1.807) is 24.4 Å². The van der Waals surface area contributed by atoms with Gasteiger partial charge in [0.15, 0.2) is 0 Å². The first kappa shape index (κ1) is 15.7. The van der Waals surface area contributed by atoms with E-state index in [0.717, 1.165) is 17.0 Å². The summed E-state index contributed by atoms with van der Waals surface area (Å²) in [4.78, 5) is 11.3. The normalized spacial score (nSPS) is 17.5. The Labute approximate surface area is 139 Å². The zero-order valence-corrected chi connectivity index (χ0v) is 13.2. The molecule has 3 rings (SSSR count). The number of hydrazone groups is 2. The number of phenols is 1. The lowest BCUT2D eigenvalue weighted by molar-refractivity contribution is -0.121. The van der Waals surface area contributed by atoms with Crippen molar-refractivity contribution in [2.24, 2.45) is 16.1 Å². The Morgan fingerprint density at radius 2 is 2.00 bits per heavy atom. The van der Waals surface area contributed by atoms with Gasteiger partial charge < -0.3 is 5.11 Å². The van der Waals surface area contributed by atoms with E-state index >= 15 is 0 Å². The minimum absolute atomic E-state index is 0.0527. The van der Waals surface area contributed by atoms with Gasteiger partial charge in [0.05, 0.1) is 17.6 Å². The molecule has 0 aromatic heterocycles. The Bertz CT molecular complexity index is 797. The fraction of sp³-hybridized carbons (Fsp3) is 0.167. The number of amides is 1. The number of nitrogens with one attached hydrogen (secondary N) is 2. The van der Waals surface area contributed by atoms with Gasteiger partial charge in [0.2, 0.25) is 5.91 Å². The van der Waals surface area contributed by atoms with E-state index in [4.69, 9.17) is 0 Å². The van der Waals surface area contributed by atoms with E-state index < -0.39 is 0 Å². The monoisotopic (exact) mass is 322 g/mol. The molecule has 24 heavy (non-hydrogen) atoms. The predicted molar refractivity (Wildman–Crippen MR) is 94.2 cm³/mol. The van der Waals surface area contributed by atoms with Gasteiger partial charge in [0.25, 0.3) is 0 Å². The number of para-hydroxylation sites is 1. The minimum atomic E-state index is -0.0527. The van der Waals surface area contributed by atoms with E-state index in [0.29, 0.717) is 12.0 Å². The van der Waals surface area contributed by atoms with Gasteiger partial charge in [0.1, 0.15) is 5.75 Å². The first-order valence-corrected chi connectivity index (χ1v) is 7.67. The zero-order chi connectivity index (χ0) is 16.9. The van der Waals surface area contributed by atoms with Gasteiger partial charge in [0, 0.05) is 17.9 Å². The number of rotatable bonds is 4. The van der Waals surface area contributed by atoms with Crippen LogP contribution in [0.4, 0.5) is 5.69 Å². The molecule has 0 fully saturated rings. The molecule has 1 heterocycles. The van der Waals surface area contributed by atoms with Gasteiger partial charge in [-0.05, 0) is 29.8 Å². The highest BCUT2D eigenvalue weighted by Crippen LogP contribution is 2.18. The number of carbonyl (C=O) groups excluding carboxylic acids is 1. The number of hydrogen-bond acceptors (Lipinski definition) is 5. The molecule has 122 valence electrons. The average molecular weight is 322 g/mol. The molecule has 0 aliphatic carbocycles. The van der Waals surface area contributed by atoms with Crippen molar-refractivity contribution in [2.45, 2.75) is 13.3 Å². The first-order valence-electron chi connectivity index (χ1n) is 7.67. The van der Waals surface area contributed by atoms with Crippen LogP contribution < -0.4 is 10.9 Å². The third kappa shape index (κ3) is 3.60. The molecule has 0 spiro atoms. The predicted octanol–water partition coefficient (Wildman–Crippen LogP) is 2.70. The molecule has 1 unspecified atom stereocenters. The molecule has 0 saturated heterocycles. The molecule has 1 amide bonds. The van der Waals surface area contributed by atoms with Crippen LogP contribution in [0.3, 0.4) is 0 Å². The van der Waals surface area contributed by atoms with Gasteiger partial charge in [-0.25, -0.2) is 5.43 Å². The summed E-state index contributed by atoms with van der Waals surface area (Å²) in [5.41, 5.74) is 8.74. The molecule has 6 nitrogen and oxygen atoms in total. The lowest BCUT2D eigenvalue weighted by Crippen LogP contribution is -2.31. The van der Waals surface area contributed by atoms with E-state index in [1.807, 2.05) is 37.3 Å². The maximum absolute atomic E-state index is 11.3. The fourth-order valence-electron chi connectivity index (χ4n) is 2.49. The minimum Gasteiger partial charge on any atom is -0.507 e. The molecule has 0 saturated carbocycles. The highest BCUT2D eigenvalue weighted by molar-refractivity contribution is 6.05. The summed E-state index contributed by atoms with van der Waals surface area (Å²) >= 11 is 0. The average Bonchev–Trinajstić information content (AvgIpc) is 2.57. The highest BCUT2D eigenvalue weighted by atomic mass is 16.3. The molecular formula is C18H18N4O2. The molecule has 2 aromatic carbocycles. The number of hydrogen-bond donors (Lipinski definition) is 3. The van der Waals surface area contributed by atoms with Crippen molar-refractivity contribution in [1.82, 2.24) is 5.43 Å². The van der Waals surface area contributed by atoms with Crippen LogP contribution in [0.2, 0.25) is 0 Å². The Balaban J connectivity index is 1.67. The summed E-state index contributed by atoms with van der Waals surface area (Å²) in [5.74, 6) is 0.226.